The normalized spacial score (nSPS) is 25.0. The van der Waals surface area contributed by atoms with Gasteiger partial charge in [-0.05, 0) is 0 Å². The van der Waals surface area contributed by atoms with Crippen molar-refractivity contribution in [2.75, 3.05) is 25.6 Å². The molecule has 9 heteroatoms. The van der Waals surface area contributed by atoms with Gasteiger partial charge in [0.05, 0.1) is 19.0 Å². The highest BCUT2D eigenvalue weighted by atomic mass is 16.5. The summed E-state index contributed by atoms with van der Waals surface area (Å²) in [6, 6.07) is 0. The third kappa shape index (κ3) is 2.18. The number of imidazole rings is 1. The Hall–Kier alpha value is -1.97. The zero-order valence-electron chi connectivity index (χ0n) is 12.7. The Morgan fingerprint density at radius 2 is 2.23 bits per heavy atom. The summed E-state index contributed by atoms with van der Waals surface area (Å²) in [4.78, 5) is 22.3. The molecule has 0 saturated carbocycles. The molecule has 2 N–H and O–H groups in total. The first-order valence-electron chi connectivity index (χ1n) is 6.99. The van der Waals surface area contributed by atoms with E-state index in [1.807, 2.05) is 14.1 Å². The molecule has 3 rings (SSSR count). The number of anilines is 1. The zero-order chi connectivity index (χ0) is 16.0. The van der Waals surface area contributed by atoms with Gasteiger partial charge in [-0.25, -0.2) is 9.78 Å². The van der Waals surface area contributed by atoms with E-state index in [-0.39, 0.29) is 6.61 Å². The van der Waals surface area contributed by atoms with E-state index in [0.717, 1.165) is 0 Å². The minimum absolute atomic E-state index is 0.261. The summed E-state index contributed by atoms with van der Waals surface area (Å²) in [5.41, 5.74) is 0.593. The molecule has 1 aliphatic heterocycles. The second-order valence-electron chi connectivity index (χ2n) is 5.61. The molecule has 0 amide bonds. The van der Waals surface area contributed by atoms with Crippen LogP contribution in [0.2, 0.25) is 0 Å². The lowest BCUT2D eigenvalue weighted by molar-refractivity contribution is -0.0432. The van der Waals surface area contributed by atoms with Crippen LogP contribution >= 0.6 is 0 Å². The van der Waals surface area contributed by atoms with Crippen molar-refractivity contribution in [1.29, 1.82) is 0 Å². The summed E-state index contributed by atoms with van der Waals surface area (Å²) in [7, 11) is 5.29. The molecule has 0 bridgehead atoms. The Kier molecular flexibility index (Phi) is 3.63. The predicted octanol–water partition coefficient (Wildman–Crippen LogP) is -1.16. The van der Waals surface area contributed by atoms with E-state index >= 15 is 0 Å². The van der Waals surface area contributed by atoms with Gasteiger partial charge in [-0.3, -0.25) is 9.13 Å². The lowest BCUT2D eigenvalue weighted by Gasteiger charge is -2.17. The number of ether oxygens (including phenoxy) is 1. The number of nitrogens with zero attached hydrogens (tertiary/aromatic N) is 5. The van der Waals surface area contributed by atoms with E-state index in [4.69, 9.17) is 4.74 Å². The smallest absolute Gasteiger partial charge is 0.350 e. The van der Waals surface area contributed by atoms with Crippen molar-refractivity contribution in [3.8, 4) is 0 Å². The molecule has 3 heterocycles. The first-order chi connectivity index (χ1) is 10.4. The average Bonchev–Trinajstić information content (AvgIpc) is 3.02. The molecule has 120 valence electrons. The molecule has 0 aliphatic carbocycles. The second kappa shape index (κ2) is 5.34. The van der Waals surface area contributed by atoms with E-state index in [9.17, 15) is 15.0 Å². The highest BCUT2D eigenvalue weighted by Crippen LogP contribution is 2.31. The molecular formula is C13H19N5O4. The van der Waals surface area contributed by atoms with Crippen molar-refractivity contribution in [3.05, 3.63) is 16.8 Å². The molecule has 0 unspecified atom stereocenters. The molecule has 1 saturated heterocycles. The minimum atomic E-state index is -0.757. The number of aliphatic hydroxyl groups excluding tert-OH is 2. The summed E-state index contributed by atoms with van der Waals surface area (Å²) in [5, 5.41) is 19.0. The molecule has 22 heavy (non-hydrogen) atoms. The van der Waals surface area contributed by atoms with Crippen molar-refractivity contribution < 1.29 is 14.9 Å². The largest absolute Gasteiger partial charge is 0.394 e. The maximum absolute atomic E-state index is 12.1. The van der Waals surface area contributed by atoms with Crippen molar-refractivity contribution >= 4 is 17.0 Å². The van der Waals surface area contributed by atoms with Crippen molar-refractivity contribution in [3.63, 3.8) is 0 Å². The maximum atomic E-state index is 12.1. The number of rotatable bonds is 3. The van der Waals surface area contributed by atoms with E-state index in [1.54, 1.807) is 22.8 Å². The summed E-state index contributed by atoms with van der Waals surface area (Å²) in [6.45, 7) is -0.261. The highest BCUT2D eigenvalue weighted by Gasteiger charge is 2.35. The summed E-state index contributed by atoms with van der Waals surface area (Å²) >= 11 is 0. The van der Waals surface area contributed by atoms with Crippen LogP contribution in [0.5, 0.6) is 0 Å². The SMILES string of the molecule is CN(C)c1c2ncn([C@H]3C[C@H](O)[C@@H](CO)O3)c2nc(=O)n1C. The van der Waals surface area contributed by atoms with Crippen LogP contribution in [0, 0.1) is 0 Å². The van der Waals surface area contributed by atoms with Crippen LogP contribution in [0.4, 0.5) is 5.82 Å². The van der Waals surface area contributed by atoms with Gasteiger partial charge in [0.1, 0.15) is 23.7 Å². The predicted molar refractivity (Wildman–Crippen MR) is 78.7 cm³/mol. The molecule has 1 aliphatic rings. The van der Waals surface area contributed by atoms with Gasteiger partial charge in [0.15, 0.2) is 5.65 Å². The Labute approximate surface area is 126 Å². The fourth-order valence-electron chi connectivity index (χ4n) is 2.81. The summed E-state index contributed by atoms with van der Waals surface area (Å²) in [6.07, 6.45) is -0.0482. The maximum Gasteiger partial charge on any atom is 0.350 e. The Balaban J connectivity index is 2.12. The zero-order valence-corrected chi connectivity index (χ0v) is 12.7. The van der Waals surface area contributed by atoms with Gasteiger partial charge in [0.2, 0.25) is 0 Å². The van der Waals surface area contributed by atoms with E-state index in [2.05, 4.69) is 9.97 Å². The van der Waals surface area contributed by atoms with Crippen LogP contribution in [-0.4, -0.2) is 62.2 Å². The van der Waals surface area contributed by atoms with Crippen LogP contribution in [-0.2, 0) is 11.8 Å². The first kappa shape index (κ1) is 14.9. The lowest BCUT2D eigenvalue weighted by Crippen LogP contribution is -2.27. The van der Waals surface area contributed by atoms with Crippen molar-refractivity contribution in [1.82, 2.24) is 19.1 Å². The van der Waals surface area contributed by atoms with Crippen LogP contribution in [0.1, 0.15) is 12.6 Å². The van der Waals surface area contributed by atoms with Crippen LogP contribution in [0.15, 0.2) is 11.1 Å². The Bertz CT molecular complexity index is 753. The van der Waals surface area contributed by atoms with Crippen molar-refractivity contribution in [2.24, 2.45) is 7.05 Å². The van der Waals surface area contributed by atoms with Gasteiger partial charge in [0, 0.05) is 27.6 Å². The Morgan fingerprint density at radius 1 is 1.50 bits per heavy atom. The van der Waals surface area contributed by atoms with Gasteiger partial charge in [-0.15, -0.1) is 0 Å². The number of fused-ring (bicyclic) bond motifs is 1. The first-order valence-corrected chi connectivity index (χ1v) is 6.99. The van der Waals surface area contributed by atoms with Gasteiger partial charge in [0.25, 0.3) is 0 Å². The molecule has 1 fully saturated rings. The van der Waals surface area contributed by atoms with Crippen LogP contribution < -0.4 is 10.6 Å². The van der Waals surface area contributed by atoms with E-state index in [0.29, 0.717) is 23.4 Å². The quantitative estimate of drug-likeness (QED) is 0.736. The van der Waals surface area contributed by atoms with Crippen LogP contribution in [0.3, 0.4) is 0 Å². The third-order valence-electron chi connectivity index (χ3n) is 3.90. The minimum Gasteiger partial charge on any atom is -0.394 e. The number of hydrogen-bond donors (Lipinski definition) is 2. The summed E-state index contributed by atoms with van der Waals surface area (Å²) < 4.78 is 8.67. The topological polar surface area (TPSA) is 106 Å². The monoisotopic (exact) mass is 309 g/mol. The van der Waals surface area contributed by atoms with Crippen molar-refractivity contribution in [2.45, 2.75) is 24.9 Å². The number of aliphatic hydroxyl groups is 2. The average molecular weight is 309 g/mol. The van der Waals surface area contributed by atoms with Crippen LogP contribution in [0.25, 0.3) is 11.2 Å². The lowest BCUT2D eigenvalue weighted by atomic mass is 10.2. The van der Waals surface area contributed by atoms with Gasteiger partial charge in [-0.1, -0.05) is 0 Å². The molecule has 9 nitrogen and oxygen atoms in total. The molecular weight excluding hydrogens is 290 g/mol. The third-order valence-corrected chi connectivity index (χ3v) is 3.90. The molecule has 3 atom stereocenters. The number of aromatic nitrogens is 4. The molecule has 0 radical (unpaired) electrons. The molecule has 2 aromatic rings. The number of hydrogen-bond acceptors (Lipinski definition) is 7. The van der Waals surface area contributed by atoms with E-state index in [1.165, 1.54) is 4.57 Å². The second-order valence-corrected chi connectivity index (χ2v) is 5.61. The van der Waals surface area contributed by atoms with E-state index < -0.39 is 24.1 Å². The fraction of sp³-hybridized carbons (Fsp3) is 0.615. The van der Waals surface area contributed by atoms with Gasteiger partial charge < -0.3 is 19.8 Å². The molecule has 0 aromatic carbocycles. The molecule has 0 spiro atoms. The summed E-state index contributed by atoms with van der Waals surface area (Å²) in [5.74, 6) is 0.644. The standard InChI is InChI=1S/C13H19N5O4/c1-16(2)12-10-11(15-13(21)17(12)3)18(6-14-10)9-4-7(20)8(5-19)22-9/h6-9,19-20H,4-5H2,1-3H3/t7-,8+,9+/m0/s1. The van der Waals surface area contributed by atoms with Gasteiger partial charge >= 0.3 is 5.69 Å². The fourth-order valence-corrected chi connectivity index (χ4v) is 2.81. The van der Waals surface area contributed by atoms with Gasteiger partial charge in [-0.2, -0.15) is 4.98 Å². The molecule has 2 aromatic heterocycles. The highest BCUT2D eigenvalue weighted by molar-refractivity contribution is 5.83. The Morgan fingerprint density at radius 3 is 2.82 bits per heavy atom.